The monoisotopic (exact) mass is 477 g/mol. The first-order chi connectivity index (χ1) is 13.3. The zero-order valence-electron chi connectivity index (χ0n) is 14.1. The molecule has 2 aliphatic rings. The van der Waals surface area contributed by atoms with Gasteiger partial charge in [-0.3, -0.25) is 19.2 Å². The standard InChI is InChI=1S/2C10H5ClO3.Cu/c2*11-7-8(12)5-3-1-2-4-6(5)9(13)10(7)14;/h2*1-4,12H;/q;;+2/p-2. The second-order valence-corrected chi connectivity index (χ2v) is 6.45. The number of Topliss-reactive ketones (excluding diaryl/α,β-unsaturated/α-hetero) is 4. The van der Waals surface area contributed by atoms with E-state index in [0.29, 0.717) is 0 Å². The van der Waals surface area contributed by atoms with Crippen molar-refractivity contribution in [3.8, 4) is 0 Å². The third-order valence-corrected chi connectivity index (χ3v) is 4.73. The molecule has 0 aromatic heterocycles. The summed E-state index contributed by atoms with van der Waals surface area (Å²) < 4.78 is 0. The second-order valence-electron chi connectivity index (χ2n) is 5.69. The molecule has 6 nitrogen and oxygen atoms in total. The molecule has 149 valence electrons. The molecule has 0 saturated carbocycles. The van der Waals surface area contributed by atoms with Crippen molar-refractivity contribution in [1.82, 2.24) is 0 Å². The van der Waals surface area contributed by atoms with Crippen molar-refractivity contribution in [3.63, 3.8) is 0 Å². The summed E-state index contributed by atoms with van der Waals surface area (Å²) >= 11 is 10.9. The fourth-order valence-corrected chi connectivity index (χ4v) is 3.02. The van der Waals surface area contributed by atoms with Crippen molar-refractivity contribution in [2.24, 2.45) is 0 Å². The summed E-state index contributed by atoms with van der Waals surface area (Å²) in [6.07, 6.45) is 0. The summed E-state index contributed by atoms with van der Waals surface area (Å²) in [6.45, 7) is 0. The summed E-state index contributed by atoms with van der Waals surface area (Å²) in [5, 5.41) is 21.8. The van der Waals surface area contributed by atoms with Crippen molar-refractivity contribution in [1.29, 1.82) is 0 Å². The first kappa shape index (κ1) is 22.6. The molecular weight excluding hydrogens is 471 g/mol. The van der Waals surface area contributed by atoms with Gasteiger partial charge in [-0.2, -0.15) is 0 Å². The van der Waals surface area contributed by atoms with E-state index >= 15 is 0 Å². The molecule has 2 aromatic rings. The maximum absolute atomic E-state index is 11.4. The maximum Gasteiger partial charge on any atom is 2.00 e. The van der Waals surface area contributed by atoms with Crippen LogP contribution < -0.4 is 10.2 Å². The van der Waals surface area contributed by atoms with Gasteiger partial charge in [0.1, 0.15) is 0 Å². The topological polar surface area (TPSA) is 114 Å². The summed E-state index contributed by atoms with van der Waals surface area (Å²) in [4.78, 5) is 45.0. The average molecular weight is 479 g/mol. The minimum Gasteiger partial charge on any atom is -0.871 e. The molecule has 0 saturated heterocycles. The van der Waals surface area contributed by atoms with Crippen LogP contribution in [0.5, 0.6) is 0 Å². The molecule has 0 fully saturated rings. The summed E-state index contributed by atoms with van der Waals surface area (Å²) in [5.41, 5.74) is 0.656. The number of hydrogen-bond acceptors (Lipinski definition) is 6. The van der Waals surface area contributed by atoms with E-state index in [9.17, 15) is 29.4 Å². The number of hydrogen-bond donors (Lipinski definition) is 0. The number of carbonyl (C=O) groups excluding carboxylic acids is 4. The van der Waals surface area contributed by atoms with E-state index in [-0.39, 0.29) is 39.3 Å². The Morgan fingerprint density at radius 3 is 1.10 bits per heavy atom. The fraction of sp³-hybridized carbons (Fsp3) is 0. The largest absolute Gasteiger partial charge is 2.00 e. The maximum atomic E-state index is 11.4. The number of benzene rings is 2. The molecule has 0 bridgehead atoms. The van der Waals surface area contributed by atoms with Crippen LogP contribution in [0.1, 0.15) is 31.8 Å². The van der Waals surface area contributed by atoms with Gasteiger partial charge in [0.2, 0.25) is 23.1 Å². The van der Waals surface area contributed by atoms with E-state index in [1.165, 1.54) is 24.3 Å². The van der Waals surface area contributed by atoms with Gasteiger partial charge in [0.05, 0.1) is 10.1 Å². The van der Waals surface area contributed by atoms with Gasteiger partial charge >= 0.3 is 17.1 Å². The van der Waals surface area contributed by atoms with Gasteiger partial charge in [0, 0.05) is 11.1 Å². The number of halogens is 2. The molecule has 1 radical (unpaired) electrons. The van der Waals surface area contributed by atoms with Gasteiger partial charge in [0.25, 0.3) is 0 Å². The number of allylic oxidation sites excluding steroid dienone is 2. The summed E-state index contributed by atoms with van der Waals surface area (Å²) in [6, 6.07) is 12.3. The Labute approximate surface area is 184 Å². The molecule has 2 aromatic carbocycles. The van der Waals surface area contributed by atoms with Crippen LogP contribution in [0.3, 0.4) is 0 Å². The predicted molar refractivity (Wildman–Crippen MR) is 97.1 cm³/mol. The molecule has 9 heteroatoms. The zero-order chi connectivity index (χ0) is 20.6. The van der Waals surface area contributed by atoms with E-state index in [1.54, 1.807) is 24.3 Å². The molecule has 0 spiro atoms. The molecule has 29 heavy (non-hydrogen) atoms. The van der Waals surface area contributed by atoms with Crippen LogP contribution in [0.15, 0.2) is 58.6 Å². The molecule has 0 aliphatic heterocycles. The predicted octanol–water partition coefficient (Wildman–Crippen LogP) is 1.44. The molecule has 0 amide bonds. The number of carbonyl (C=O) groups is 4. The first-order valence-electron chi connectivity index (χ1n) is 7.76. The number of rotatable bonds is 0. The van der Waals surface area contributed by atoms with Crippen LogP contribution in [0.2, 0.25) is 0 Å². The molecule has 0 heterocycles. The fourth-order valence-electron chi connectivity index (χ4n) is 2.64. The molecule has 0 unspecified atom stereocenters. The van der Waals surface area contributed by atoms with Gasteiger partial charge < -0.3 is 10.2 Å². The molecule has 0 N–H and O–H groups in total. The van der Waals surface area contributed by atoms with Gasteiger partial charge in [0.15, 0.2) is 0 Å². The van der Waals surface area contributed by atoms with E-state index in [4.69, 9.17) is 23.2 Å². The average Bonchev–Trinajstić information content (AvgIpc) is 2.73. The molecular formula is C20H8Cl2CuO6. The Bertz CT molecular complexity index is 1040. The van der Waals surface area contributed by atoms with Gasteiger partial charge in [-0.25, -0.2) is 0 Å². The van der Waals surface area contributed by atoms with Crippen molar-refractivity contribution in [2.75, 3.05) is 0 Å². The third-order valence-electron chi connectivity index (χ3n) is 4.04. The Morgan fingerprint density at radius 1 is 0.517 bits per heavy atom. The van der Waals surface area contributed by atoms with Gasteiger partial charge in [-0.05, 0) is 11.1 Å². The SMILES string of the molecule is O=C1C(=O)c2ccccc2C([O-])=C1Cl.O=C1C(=O)c2ccccc2C([O-])=C1Cl.[Cu+2]. The molecule has 0 atom stereocenters. The third kappa shape index (κ3) is 3.91. The first-order valence-corrected chi connectivity index (χ1v) is 8.51. The summed E-state index contributed by atoms with van der Waals surface area (Å²) in [7, 11) is 0. The Hall–Kier alpha value is -2.70. The van der Waals surface area contributed by atoms with E-state index < -0.39 is 44.7 Å². The Balaban J connectivity index is 0.000000200. The minimum absolute atomic E-state index is 0. The Kier molecular flexibility index (Phi) is 6.82. The quantitative estimate of drug-likeness (QED) is 0.418. The second kappa shape index (κ2) is 8.76. The van der Waals surface area contributed by atoms with Crippen molar-refractivity contribution in [2.45, 2.75) is 0 Å². The van der Waals surface area contributed by atoms with Crippen LogP contribution in [0, 0.1) is 0 Å². The van der Waals surface area contributed by atoms with E-state index in [0.717, 1.165) is 0 Å². The number of fused-ring (bicyclic) bond motifs is 2. The summed E-state index contributed by atoms with van der Waals surface area (Å²) in [5.74, 6) is -4.43. The van der Waals surface area contributed by atoms with Gasteiger partial charge in [-0.1, -0.05) is 83.3 Å². The van der Waals surface area contributed by atoms with E-state index in [2.05, 4.69) is 0 Å². The Morgan fingerprint density at radius 2 is 0.793 bits per heavy atom. The van der Waals surface area contributed by atoms with Crippen LogP contribution in [0.25, 0.3) is 11.5 Å². The van der Waals surface area contributed by atoms with Gasteiger partial charge in [-0.15, -0.1) is 0 Å². The van der Waals surface area contributed by atoms with Crippen LogP contribution in [-0.4, -0.2) is 23.1 Å². The molecule has 4 rings (SSSR count). The van der Waals surface area contributed by atoms with Crippen LogP contribution in [-0.2, 0) is 26.7 Å². The van der Waals surface area contributed by atoms with Crippen LogP contribution >= 0.6 is 23.2 Å². The number of ketones is 4. The minimum atomic E-state index is -0.921. The van der Waals surface area contributed by atoms with Crippen molar-refractivity contribution >= 4 is 57.9 Å². The zero-order valence-corrected chi connectivity index (χ0v) is 16.6. The van der Waals surface area contributed by atoms with Crippen molar-refractivity contribution in [3.05, 3.63) is 80.8 Å². The molecule has 2 aliphatic carbocycles. The van der Waals surface area contributed by atoms with Crippen LogP contribution in [0.4, 0.5) is 0 Å². The van der Waals surface area contributed by atoms with Crippen molar-refractivity contribution < 1.29 is 46.5 Å². The smallest absolute Gasteiger partial charge is 0.871 e. The normalized spacial score (nSPS) is 15.2. The van der Waals surface area contributed by atoms with E-state index in [1.807, 2.05) is 0 Å².